The van der Waals surface area contributed by atoms with Crippen LogP contribution in [0.1, 0.15) is 52.9 Å². The van der Waals surface area contributed by atoms with Gasteiger partial charge in [-0.1, -0.05) is 13.8 Å². The molecule has 0 N–H and O–H groups in total. The Hall–Kier alpha value is -0.240. The van der Waals surface area contributed by atoms with Crippen molar-refractivity contribution in [3.05, 3.63) is 0 Å². The fourth-order valence-electron chi connectivity index (χ4n) is 5.47. The minimum atomic E-state index is -0.724. The number of hydrogen-bond donors (Lipinski definition) is 0. The summed E-state index contributed by atoms with van der Waals surface area (Å²) in [6.45, 7) is 7.82. The van der Waals surface area contributed by atoms with Crippen LogP contribution in [0.5, 0.6) is 0 Å². The van der Waals surface area contributed by atoms with Gasteiger partial charge in [0.05, 0.1) is 6.61 Å². The molecule has 5 fully saturated rings. The van der Waals surface area contributed by atoms with Gasteiger partial charge in [-0.25, -0.2) is 9.78 Å². The third-order valence-corrected chi connectivity index (χ3v) is 6.87. The van der Waals surface area contributed by atoms with Crippen LogP contribution < -0.4 is 0 Å². The lowest BCUT2D eigenvalue weighted by atomic mass is 9.58. The second kappa shape index (κ2) is 6.73. The average molecular weight is 356 g/mol. The summed E-state index contributed by atoms with van der Waals surface area (Å²) in [5.74, 6) is 0.823. The molecule has 0 aromatic rings. The first kappa shape index (κ1) is 18.1. The normalized spacial score (nSPS) is 51.8. The van der Waals surface area contributed by atoms with E-state index < -0.39 is 17.7 Å². The third-order valence-electron chi connectivity index (χ3n) is 6.87. The van der Waals surface area contributed by atoms with E-state index in [0.29, 0.717) is 31.0 Å². The highest BCUT2D eigenvalue weighted by Crippen LogP contribution is 2.60. The van der Waals surface area contributed by atoms with Gasteiger partial charge in [0.25, 0.3) is 0 Å². The van der Waals surface area contributed by atoms with Crippen molar-refractivity contribution in [2.75, 3.05) is 20.3 Å². The summed E-state index contributed by atoms with van der Waals surface area (Å²) in [5.41, 5.74) is -0.501. The van der Waals surface area contributed by atoms with Gasteiger partial charge in [-0.15, -0.1) is 0 Å². The van der Waals surface area contributed by atoms with Crippen molar-refractivity contribution >= 4 is 0 Å². The lowest BCUT2D eigenvalue weighted by Crippen LogP contribution is -2.70. The minimum Gasteiger partial charge on any atom is -0.385 e. The predicted octanol–water partition coefficient (Wildman–Crippen LogP) is 3.25. The standard InChI is InChI=1S/C19H32O6/c1-12-6-7-15-13(2)16(21-11-5-10-20-4)22-17-19(15)14(12)8-9-18(3,23-17)24-25-19/h12-17H,5-11H2,1-4H3/t12-,13-,14?,15?,16?,17-,18+,19-/m1/s1. The zero-order chi connectivity index (χ0) is 17.7. The molecule has 1 aliphatic carbocycles. The molecule has 8 atom stereocenters. The van der Waals surface area contributed by atoms with Gasteiger partial charge in [0.15, 0.2) is 18.2 Å². The van der Waals surface area contributed by atoms with E-state index in [0.717, 1.165) is 25.7 Å². The van der Waals surface area contributed by atoms with Gasteiger partial charge in [-0.05, 0) is 44.4 Å². The van der Waals surface area contributed by atoms with Gasteiger partial charge in [0.2, 0.25) is 5.79 Å². The molecular weight excluding hydrogens is 324 g/mol. The lowest BCUT2D eigenvalue weighted by Gasteiger charge is -2.60. The molecule has 4 saturated heterocycles. The molecule has 0 aromatic heterocycles. The first-order valence-electron chi connectivity index (χ1n) is 9.81. The zero-order valence-electron chi connectivity index (χ0n) is 15.9. The maximum Gasteiger partial charge on any atom is 0.201 e. The van der Waals surface area contributed by atoms with Crippen LogP contribution in [-0.2, 0) is 28.7 Å². The van der Waals surface area contributed by atoms with Gasteiger partial charge in [0.1, 0.15) is 0 Å². The van der Waals surface area contributed by atoms with E-state index in [9.17, 15) is 0 Å². The van der Waals surface area contributed by atoms with Crippen LogP contribution in [0.25, 0.3) is 0 Å². The molecule has 3 unspecified atom stereocenters. The highest BCUT2D eigenvalue weighted by molar-refractivity contribution is 5.09. The maximum atomic E-state index is 6.35. The smallest absolute Gasteiger partial charge is 0.201 e. The second-order valence-corrected chi connectivity index (χ2v) is 8.49. The fraction of sp³-hybridized carbons (Fsp3) is 1.00. The van der Waals surface area contributed by atoms with Gasteiger partial charge < -0.3 is 18.9 Å². The Kier molecular flexibility index (Phi) is 4.88. The Morgan fingerprint density at radius 1 is 1.04 bits per heavy atom. The summed E-state index contributed by atoms with van der Waals surface area (Å²) < 4.78 is 23.8. The van der Waals surface area contributed by atoms with Crippen molar-refractivity contribution in [2.24, 2.45) is 23.7 Å². The summed E-state index contributed by atoms with van der Waals surface area (Å²) >= 11 is 0. The predicted molar refractivity (Wildman–Crippen MR) is 89.3 cm³/mol. The molecule has 6 nitrogen and oxygen atoms in total. The summed E-state index contributed by atoms with van der Waals surface area (Å²) in [6.07, 6.45) is 4.38. The second-order valence-electron chi connectivity index (χ2n) is 8.49. The maximum absolute atomic E-state index is 6.35. The molecule has 25 heavy (non-hydrogen) atoms. The van der Waals surface area contributed by atoms with Crippen molar-refractivity contribution in [3.8, 4) is 0 Å². The molecule has 1 spiro atoms. The van der Waals surface area contributed by atoms with E-state index >= 15 is 0 Å². The Morgan fingerprint density at radius 2 is 1.88 bits per heavy atom. The minimum absolute atomic E-state index is 0.239. The number of methoxy groups -OCH3 is 1. The Morgan fingerprint density at radius 3 is 2.68 bits per heavy atom. The van der Waals surface area contributed by atoms with Crippen molar-refractivity contribution in [3.63, 3.8) is 0 Å². The first-order valence-corrected chi connectivity index (χ1v) is 9.81. The van der Waals surface area contributed by atoms with E-state index in [-0.39, 0.29) is 12.2 Å². The topological polar surface area (TPSA) is 55.4 Å². The van der Waals surface area contributed by atoms with Crippen LogP contribution in [0, 0.1) is 23.7 Å². The summed E-state index contributed by atoms with van der Waals surface area (Å²) in [4.78, 5) is 11.9. The van der Waals surface area contributed by atoms with Crippen LogP contribution in [0.4, 0.5) is 0 Å². The highest BCUT2D eigenvalue weighted by atomic mass is 17.3. The van der Waals surface area contributed by atoms with Crippen LogP contribution in [0.15, 0.2) is 0 Å². The average Bonchev–Trinajstić information content (AvgIpc) is 2.82. The zero-order valence-corrected chi connectivity index (χ0v) is 15.9. The van der Waals surface area contributed by atoms with E-state index in [4.69, 9.17) is 28.7 Å². The first-order chi connectivity index (χ1) is 12.0. The molecular formula is C19H32O6. The molecule has 4 heterocycles. The molecule has 1 saturated carbocycles. The molecule has 6 heteroatoms. The number of rotatable bonds is 5. The molecule has 0 radical (unpaired) electrons. The summed E-state index contributed by atoms with van der Waals surface area (Å²) in [5, 5.41) is 0. The molecule has 5 rings (SSSR count). The van der Waals surface area contributed by atoms with Crippen LogP contribution >= 0.6 is 0 Å². The largest absolute Gasteiger partial charge is 0.385 e. The van der Waals surface area contributed by atoms with Crippen LogP contribution in [0.3, 0.4) is 0 Å². The van der Waals surface area contributed by atoms with Crippen LogP contribution in [0.2, 0.25) is 0 Å². The Bertz CT molecular complexity index is 487. The molecule has 4 aliphatic heterocycles. The summed E-state index contributed by atoms with van der Waals surface area (Å²) in [7, 11) is 1.71. The summed E-state index contributed by atoms with van der Waals surface area (Å²) in [6, 6.07) is 0. The van der Waals surface area contributed by atoms with Crippen molar-refractivity contribution in [1.29, 1.82) is 0 Å². The monoisotopic (exact) mass is 356 g/mol. The third kappa shape index (κ3) is 2.86. The molecule has 5 aliphatic rings. The van der Waals surface area contributed by atoms with Crippen molar-refractivity contribution in [1.82, 2.24) is 0 Å². The van der Waals surface area contributed by atoms with E-state index in [1.54, 1.807) is 7.11 Å². The Labute approximate surface area is 150 Å². The van der Waals surface area contributed by atoms with Crippen LogP contribution in [-0.4, -0.2) is 44.3 Å². The van der Waals surface area contributed by atoms with E-state index in [1.807, 2.05) is 6.92 Å². The van der Waals surface area contributed by atoms with Crippen molar-refractivity contribution in [2.45, 2.75) is 76.8 Å². The number of ether oxygens (including phenoxy) is 4. The van der Waals surface area contributed by atoms with Crippen molar-refractivity contribution < 1.29 is 28.7 Å². The quantitative estimate of drug-likeness (QED) is 0.557. The van der Waals surface area contributed by atoms with E-state index in [2.05, 4.69) is 13.8 Å². The van der Waals surface area contributed by atoms with Gasteiger partial charge in [0, 0.05) is 32.0 Å². The molecule has 0 amide bonds. The van der Waals surface area contributed by atoms with E-state index in [1.165, 1.54) is 6.42 Å². The Balaban J connectivity index is 1.58. The molecule has 0 aromatic carbocycles. The number of fused-ring (bicyclic) bond motifs is 2. The SMILES string of the molecule is COCCCOC1O[C@@H]2O[C@]3(C)CCC4[C@H](C)CCC([C@H]1C)[C@]42OO3. The van der Waals surface area contributed by atoms with Gasteiger partial charge in [-0.2, -0.15) is 0 Å². The number of hydrogen-bond acceptors (Lipinski definition) is 6. The lowest BCUT2D eigenvalue weighted by molar-refractivity contribution is -0.577. The molecule has 144 valence electrons. The van der Waals surface area contributed by atoms with Gasteiger partial charge in [-0.3, -0.25) is 0 Å². The van der Waals surface area contributed by atoms with Gasteiger partial charge >= 0.3 is 0 Å². The molecule has 2 bridgehead atoms. The fourth-order valence-corrected chi connectivity index (χ4v) is 5.47. The highest BCUT2D eigenvalue weighted by Gasteiger charge is 2.69.